The minimum atomic E-state index is -3.69. The van der Waals surface area contributed by atoms with Crippen LogP contribution in [0.2, 0.25) is 0 Å². The van der Waals surface area contributed by atoms with E-state index in [1.165, 1.54) is 22.7 Å². The number of rotatable bonds is 9. The van der Waals surface area contributed by atoms with Gasteiger partial charge in [0, 0.05) is 35.1 Å². The summed E-state index contributed by atoms with van der Waals surface area (Å²) in [6.45, 7) is 0.846. The molecule has 1 aliphatic carbocycles. The zero-order chi connectivity index (χ0) is 28.8. The normalized spacial score (nSPS) is 13.7. The van der Waals surface area contributed by atoms with Crippen molar-refractivity contribution < 1.29 is 22.0 Å². The first-order valence-corrected chi connectivity index (χ1v) is 15.6. The maximum atomic E-state index is 13.6. The van der Waals surface area contributed by atoms with Gasteiger partial charge in [0.05, 0.1) is 24.1 Å². The molecule has 1 saturated carbocycles. The average Bonchev–Trinajstić information content (AvgIpc) is 3.68. The third kappa shape index (κ3) is 5.80. The Morgan fingerprint density at radius 1 is 1.07 bits per heavy atom. The van der Waals surface area contributed by atoms with E-state index in [1.807, 2.05) is 38.4 Å². The van der Waals surface area contributed by atoms with Crippen LogP contribution in [0.4, 0.5) is 10.1 Å². The molecule has 0 atom stereocenters. The second-order valence-corrected chi connectivity index (χ2v) is 13.3. The number of sulfonamides is 1. The number of anilines is 1. The predicted molar refractivity (Wildman–Crippen MR) is 160 cm³/mol. The Balaban J connectivity index is 1.68. The molecule has 1 heterocycles. The van der Waals surface area contributed by atoms with E-state index >= 15 is 0 Å². The number of hydrogen-bond donors (Lipinski definition) is 1. The van der Waals surface area contributed by atoms with Crippen LogP contribution in [0.3, 0.4) is 0 Å². The fourth-order valence-corrected chi connectivity index (χ4v) is 6.25. The molecule has 0 unspecified atom stereocenters. The summed E-state index contributed by atoms with van der Waals surface area (Å²) in [7, 11) is 1.81. The quantitative estimate of drug-likeness (QED) is 0.237. The highest BCUT2D eigenvalue weighted by molar-refractivity contribution is 9.10. The first-order chi connectivity index (χ1) is 19.0. The van der Waals surface area contributed by atoms with E-state index < -0.39 is 15.8 Å². The summed E-state index contributed by atoms with van der Waals surface area (Å²) in [6, 6.07) is 15.2. The van der Waals surface area contributed by atoms with Crippen LogP contribution in [-0.4, -0.2) is 46.6 Å². The molecule has 5 rings (SSSR count). The molecule has 7 nitrogen and oxygen atoms in total. The predicted octanol–water partition coefficient (Wildman–Crippen LogP) is 6.27. The Morgan fingerprint density at radius 2 is 1.77 bits per heavy atom. The Labute approximate surface area is 242 Å². The molecule has 3 aromatic carbocycles. The molecule has 10 heteroatoms. The topological polar surface area (TPSA) is 82.9 Å². The largest absolute Gasteiger partial charge is 0.455 e. The Hall–Kier alpha value is -3.21. The molecule has 1 fully saturated rings. The van der Waals surface area contributed by atoms with Crippen LogP contribution in [0.25, 0.3) is 22.3 Å². The summed E-state index contributed by atoms with van der Waals surface area (Å²) in [5.41, 5.74) is 4.58. The van der Waals surface area contributed by atoms with E-state index in [4.69, 9.17) is 4.42 Å². The van der Waals surface area contributed by atoms with E-state index in [9.17, 15) is 17.6 Å². The molecule has 1 aromatic heterocycles. The third-order valence-corrected chi connectivity index (χ3v) is 8.91. The first-order valence-electron chi connectivity index (χ1n) is 12.9. The van der Waals surface area contributed by atoms with Crippen LogP contribution >= 0.6 is 15.9 Å². The number of benzene rings is 3. The van der Waals surface area contributed by atoms with Crippen molar-refractivity contribution in [2.45, 2.75) is 31.8 Å². The summed E-state index contributed by atoms with van der Waals surface area (Å²) in [5, 5.41) is 3.27. The average molecular weight is 629 g/mol. The van der Waals surface area contributed by atoms with Gasteiger partial charge < -0.3 is 14.6 Å². The molecule has 1 N–H and O–H groups in total. The molecule has 1 amide bonds. The minimum Gasteiger partial charge on any atom is -0.455 e. The van der Waals surface area contributed by atoms with Gasteiger partial charge in [0.1, 0.15) is 17.2 Å². The standard InChI is InChI=1S/C30H31BrFN3O4S/c1-33-30(36)28-24-14-23(19-6-7-19)26(15-27(24)39-29(28)20-8-10-22(32)11-9-20)35(40(4,37)38)16-18-5-12-25(31)21(13-18)17-34(2)3/h5,8-15,19H,6-7,16-17H2,1-4H3,(H,33,36). The molecular weight excluding hydrogens is 597 g/mol. The fourth-order valence-electron chi connectivity index (χ4n) is 4.98. The number of furan rings is 1. The van der Waals surface area contributed by atoms with Crippen molar-refractivity contribution in [2.24, 2.45) is 0 Å². The van der Waals surface area contributed by atoms with Crippen molar-refractivity contribution in [3.63, 3.8) is 0 Å². The molecule has 0 spiro atoms. The zero-order valence-electron chi connectivity index (χ0n) is 22.8. The van der Waals surface area contributed by atoms with Gasteiger partial charge in [0.2, 0.25) is 10.0 Å². The van der Waals surface area contributed by atoms with E-state index in [-0.39, 0.29) is 18.4 Å². The molecule has 0 aliphatic heterocycles. The highest BCUT2D eigenvalue weighted by atomic mass is 79.9. The number of amides is 1. The van der Waals surface area contributed by atoms with Gasteiger partial charge in [-0.25, -0.2) is 12.8 Å². The fraction of sp³-hybridized carbons (Fsp3) is 0.300. The zero-order valence-corrected chi connectivity index (χ0v) is 25.2. The van der Waals surface area contributed by atoms with E-state index in [0.717, 1.165) is 34.0 Å². The van der Waals surface area contributed by atoms with Crippen molar-refractivity contribution >= 4 is 48.5 Å². The van der Waals surface area contributed by atoms with Gasteiger partial charge in [-0.2, -0.15) is 0 Å². The molecule has 0 radical (unpaired) electrons. The molecule has 1 aliphatic rings. The first kappa shape index (κ1) is 28.3. The van der Waals surface area contributed by atoms with E-state index in [1.54, 1.807) is 25.2 Å². The highest BCUT2D eigenvalue weighted by Crippen LogP contribution is 2.48. The van der Waals surface area contributed by atoms with Crippen LogP contribution < -0.4 is 9.62 Å². The lowest BCUT2D eigenvalue weighted by Crippen LogP contribution is -2.30. The van der Waals surface area contributed by atoms with Crippen molar-refractivity contribution in [2.75, 3.05) is 31.7 Å². The van der Waals surface area contributed by atoms with Gasteiger partial charge in [-0.1, -0.05) is 28.1 Å². The number of nitrogens with one attached hydrogen (secondary N) is 1. The van der Waals surface area contributed by atoms with Gasteiger partial charge >= 0.3 is 0 Å². The molecule has 0 saturated heterocycles. The van der Waals surface area contributed by atoms with Crippen LogP contribution in [0.1, 0.15) is 45.8 Å². The summed E-state index contributed by atoms with van der Waals surface area (Å²) >= 11 is 3.60. The Kier molecular flexibility index (Phi) is 7.78. The number of fused-ring (bicyclic) bond motifs is 1. The molecular formula is C30H31BrFN3O4S. The molecule has 4 aromatic rings. The summed E-state index contributed by atoms with van der Waals surface area (Å²) in [5.74, 6) is -0.249. The van der Waals surface area contributed by atoms with Gasteiger partial charge in [-0.05, 0) is 85.9 Å². The SMILES string of the molecule is CNC(=O)c1c(-c2ccc(F)cc2)oc2cc(N(Cc3ccc(Br)c(CN(C)C)c3)S(C)(=O)=O)c(C3CC3)cc12. The van der Waals surface area contributed by atoms with Gasteiger partial charge in [0.15, 0.2) is 0 Å². The van der Waals surface area contributed by atoms with E-state index in [0.29, 0.717) is 40.1 Å². The van der Waals surface area contributed by atoms with Crippen LogP contribution in [0, 0.1) is 5.82 Å². The number of carbonyl (C=O) groups is 1. The maximum Gasteiger partial charge on any atom is 0.255 e. The summed E-state index contributed by atoms with van der Waals surface area (Å²) in [6.07, 6.45) is 3.06. The van der Waals surface area contributed by atoms with Crippen LogP contribution in [0.5, 0.6) is 0 Å². The van der Waals surface area contributed by atoms with Gasteiger partial charge in [0.25, 0.3) is 5.91 Å². The lowest BCUT2D eigenvalue weighted by Gasteiger charge is -2.26. The molecule has 0 bridgehead atoms. The Bertz CT molecular complexity index is 1700. The van der Waals surface area contributed by atoms with E-state index in [2.05, 4.69) is 26.1 Å². The molecule has 40 heavy (non-hydrogen) atoms. The van der Waals surface area contributed by atoms with Crippen molar-refractivity contribution in [1.82, 2.24) is 10.2 Å². The lowest BCUT2D eigenvalue weighted by atomic mass is 10.00. The van der Waals surface area contributed by atoms with Crippen molar-refractivity contribution in [3.05, 3.63) is 87.1 Å². The van der Waals surface area contributed by atoms with Gasteiger partial charge in [-0.15, -0.1) is 0 Å². The summed E-state index contributed by atoms with van der Waals surface area (Å²) < 4.78 is 48.8. The highest BCUT2D eigenvalue weighted by Gasteiger charge is 2.33. The lowest BCUT2D eigenvalue weighted by molar-refractivity contribution is 0.0964. The van der Waals surface area contributed by atoms with Crippen molar-refractivity contribution in [3.8, 4) is 11.3 Å². The maximum absolute atomic E-state index is 13.6. The Morgan fingerprint density at radius 3 is 2.38 bits per heavy atom. The summed E-state index contributed by atoms with van der Waals surface area (Å²) in [4.78, 5) is 15.1. The van der Waals surface area contributed by atoms with Crippen molar-refractivity contribution in [1.29, 1.82) is 0 Å². The van der Waals surface area contributed by atoms with Crippen LogP contribution in [0.15, 0.2) is 63.5 Å². The molecule has 210 valence electrons. The second kappa shape index (κ2) is 11.0. The van der Waals surface area contributed by atoms with Crippen LogP contribution in [-0.2, 0) is 23.1 Å². The number of halogens is 2. The number of hydrogen-bond acceptors (Lipinski definition) is 5. The number of nitrogens with zero attached hydrogens (tertiary/aromatic N) is 2. The monoisotopic (exact) mass is 627 g/mol. The number of carbonyl (C=O) groups excluding carboxylic acids is 1. The third-order valence-electron chi connectivity index (χ3n) is 7.01. The smallest absolute Gasteiger partial charge is 0.255 e. The second-order valence-electron chi connectivity index (χ2n) is 10.5. The van der Waals surface area contributed by atoms with Gasteiger partial charge in [-0.3, -0.25) is 9.10 Å². The minimum absolute atomic E-state index is 0.144.